The summed E-state index contributed by atoms with van der Waals surface area (Å²) in [5.74, 6) is 0.289. The molecule has 4 aromatic heterocycles. The highest BCUT2D eigenvalue weighted by molar-refractivity contribution is 5.97. The van der Waals surface area contributed by atoms with Crippen LogP contribution in [0.25, 0.3) is 55.8 Å². The normalized spacial score (nSPS) is 12.7. The zero-order chi connectivity index (χ0) is 27.1. The number of nitrogens with one attached hydrogen (secondary N) is 3. The number of nitrogens with zero attached hydrogens (tertiary/aromatic N) is 4. The zero-order valence-electron chi connectivity index (χ0n) is 21.8. The summed E-state index contributed by atoms with van der Waals surface area (Å²) in [5, 5.41) is 22.1. The van der Waals surface area contributed by atoms with Gasteiger partial charge in [-0.2, -0.15) is 5.10 Å². The first-order valence-corrected chi connectivity index (χ1v) is 12.7. The number of anilines is 1. The lowest BCUT2D eigenvalue weighted by Gasteiger charge is -2.23. The molecule has 0 aliphatic rings. The van der Waals surface area contributed by atoms with Crippen LogP contribution < -0.4 is 5.32 Å². The molecule has 2 aromatic carbocycles. The van der Waals surface area contributed by atoms with E-state index in [1.165, 1.54) is 12.1 Å². The average molecular weight is 522 g/mol. The summed E-state index contributed by atoms with van der Waals surface area (Å²) in [7, 11) is 0. The van der Waals surface area contributed by atoms with E-state index in [9.17, 15) is 9.50 Å². The Kier molecular flexibility index (Phi) is 6.07. The Morgan fingerprint density at radius 1 is 0.974 bits per heavy atom. The molecule has 8 nitrogen and oxygen atoms in total. The number of halogens is 1. The fraction of sp³-hybridized carbons (Fsp3) is 0.200. The molecule has 196 valence electrons. The first-order chi connectivity index (χ1) is 18.7. The third-order valence-corrected chi connectivity index (χ3v) is 6.54. The van der Waals surface area contributed by atoms with E-state index in [1.54, 1.807) is 30.7 Å². The molecule has 4 heterocycles. The Morgan fingerprint density at radius 2 is 1.77 bits per heavy atom. The lowest BCUT2D eigenvalue weighted by Crippen LogP contribution is -2.25. The number of imidazole rings is 1. The van der Waals surface area contributed by atoms with Gasteiger partial charge >= 0.3 is 0 Å². The summed E-state index contributed by atoms with van der Waals surface area (Å²) >= 11 is 0. The van der Waals surface area contributed by atoms with Gasteiger partial charge in [-0.15, -0.1) is 0 Å². The SMILES string of the molecule is CC(C)(C)CC(O)Nc1cncc(-c2ccc3[nH]nc(-c4nc5c(-c6ccc(F)cc6)ccnc5[nH]4)c3c2)c1. The monoisotopic (exact) mass is 521 g/mol. The predicted molar refractivity (Wildman–Crippen MR) is 151 cm³/mol. The smallest absolute Gasteiger partial charge is 0.160 e. The van der Waals surface area contributed by atoms with E-state index in [4.69, 9.17) is 4.98 Å². The van der Waals surface area contributed by atoms with Crippen molar-refractivity contribution in [1.82, 2.24) is 30.1 Å². The number of benzene rings is 2. The van der Waals surface area contributed by atoms with Crippen molar-refractivity contribution in [1.29, 1.82) is 0 Å². The first-order valence-electron chi connectivity index (χ1n) is 12.7. The molecule has 0 aliphatic heterocycles. The van der Waals surface area contributed by atoms with Gasteiger partial charge in [-0.25, -0.2) is 14.4 Å². The molecule has 6 rings (SSSR count). The molecule has 1 unspecified atom stereocenters. The van der Waals surface area contributed by atoms with Crippen LogP contribution in [0, 0.1) is 11.2 Å². The van der Waals surface area contributed by atoms with E-state index in [0.717, 1.165) is 38.8 Å². The fourth-order valence-electron chi connectivity index (χ4n) is 4.76. The molecule has 39 heavy (non-hydrogen) atoms. The van der Waals surface area contributed by atoms with Gasteiger partial charge in [-0.1, -0.05) is 39.0 Å². The molecule has 6 aromatic rings. The summed E-state index contributed by atoms with van der Waals surface area (Å²) < 4.78 is 13.5. The van der Waals surface area contributed by atoms with Crippen molar-refractivity contribution < 1.29 is 9.50 Å². The van der Waals surface area contributed by atoms with Crippen molar-refractivity contribution in [3.63, 3.8) is 0 Å². The van der Waals surface area contributed by atoms with Crippen molar-refractivity contribution in [2.24, 2.45) is 5.41 Å². The summed E-state index contributed by atoms with van der Waals surface area (Å²) in [6.45, 7) is 6.27. The second kappa shape index (κ2) is 9.59. The molecule has 0 amide bonds. The van der Waals surface area contributed by atoms with Crippen molar-refractivity contribution >= 4 is 27.8 Å². The Balaban J connectivity index is 1.36. The molecule has 0 spiro atoms. The summed E-state index contributed by atoms with van der Waals surface area (Å²) in [5.41, 5.74) is 7.13. The second-order valence-electron chi connectivity index (χ2n) is 10.9. The van der Waals surface area contributed by atoms with E-state index in [0.29, 0.717) is 29.1 Å². The van der Waals surface area contributed by atoms with E-state index < -0.39 is 6.23 Å². The molecule has 0 radical (unpaired) electrons. The Bertz CT molecular complexity index is 1780. The molecular weight excluding hydrogens is 493 g/mol. The predicted octanol–water partition coefficient (Wildman–Crippen LogP) is 6.54. The first kappa shape index (κ1) is 24.7. The van der Waals surface area contributed by atoms with E-state index in [2.05, 4.69) is 51.2 Å². The molecule has 4 N–H and O–H groups in total. The maximum absolute atomic E-state index is 13.5. The zero-order valence-corrected chi connectivity index (χ0v) is 21.8. The lowest BCUT2D eigenvalue weighted by molar-refractivity contribution is 0.145. The Morgan fingerprint density at radius 3 is 2.56 bits per heavy atom. The van der Waals surface area contributed by atoms with Gasteiger partial charge in [0.25, 0.3) is 0 Å². The number of H-pyrrole nitrogens is 2. The minimum Gasteiger partial charge on any atom is -0.374 e. The number of pyridine rings is 2. The van der Waals surface area contributed by atoms with Crippen LogP contribution in [0.3, 0.4) is 0 Å². The second-order valence-corrected chi connectivity index (χ2v) is 10.9. The third kappa shape index (κ3) is 5.08. The van der Waals surface area contributed by atoms with Gasteiger partial charge in [0.05, 0.1) is 17.4 Å². The van der Waals surface area contributed by atoms with Crippen molar-refractivity contribution in [3.05, 3.63) is 79.0 Å². The van der Waals surface area contributed by atoms with E-state index in [-0.39, 0.29) is 11.2 Å². The largest absolute Gasteiger partial charge is 0.374 e. The van der Waals surface area contributed by atoms with E-state index >= 15 is 0 Å². The molecular formula is C30H28FN7O. The summed E-state index contributed by atoms with van der Waals surface area (Å²) in [6, 6.07) is 16.2. The number of aromatic nitrogens is 6. The quantitative estimate of drug-likeness (QED) is 0.185. The summed E-state index contributed by atoms with van der Waals surface area (Å²) in [4.78, 5) is 17.0. The topological polar surface area (TPSA) is 115 Å². The number of aromatic amines is 2. The molecule has 0 saturated heterocycles. The van der Waals surface area contributed by atoms with Crippen LogP contribution in [0.4, 0.5) is 10.1 Å². The Hall–Kier alpha value is -4.63. The lowest BCUT2D eigenvalue weighted by atomic mass is 9.91. The van der Waals surface area contributed by atoms with Gasteiger partial charge in [0.2, 0.25) is 0 Å². The number of rotatable bonds is 6. The van der Waals surface area contributed by atoms with Crippen molar-refractivity contribution in [2.75, 3.05) is 5.32 Å². The molecule has 0 fully saturated rings. The molecule has 0 aliphatic carbocycles. The van der Waals surface area contributed by atoms with Crippen LogP contribution in [-0.4, -0.2) is 41.5 Å². The molecule has 0 bridgehead atoms. The minimum atomic E-state index is -0.675. The molecule has 9 heteroatoms. The van der Waals surface area contributed by atoms with Gasteiger partial charge < -0.3 is 15.4 Å². The number of aliphatic hydroxyl groups is 1. The van der Waals surface area contributed by atoms with Gasteiger partial charge in [0.15, 0.2) is 11.5 Å². The maximum atomic E-state index is 13.5. The third-order valence-electron chi connectivity index (χ3n) is 6.54. The van der Waals surface area contributed by atoms with Gasteiger partial charge in [0, 0.05) is 28.9 Å². The highest BCUT2D eigenvalue weighted by Gasteiger charge is 2.18. The number of hydrogen-bond acceptors (Lipinski definition) is 6. The van der Waals surface area contributed by atoms with Crippen molar-refractivity contribution in [2.45, 2.75) is 33.4 Å². The number of hydrogen-bond donors (Lipinski definition) is 4. The van der Waals surface area contributed by atoms with Crippen LogP contribution in [0.2, 0.25) is 0 Å². The number of aliphatic hydroxyl groups excluding tert-OH is 1. The minimum absolute atomic E-state index is 0.00781. The van der Waals surface area contributed by atoms with Crippen LogP contribution in [0.15, 0.2) is 73.2 Å². The average Bonchev–Trinajstić information content (AvgIpc) is 3.52. The molecule has 0 saturated carbocycles. The number of fused-ring (bicyclic) bond motifs is 2. The molecule has 1 atom stereocenters. The van der Waals surface area contributed by atoms with Gasteiger partial charge in [-0.3, -0.25) is 10.1 Å². The highest BCUT2D eigenvalue weighted by Crippen LogP contribution is 2.33. The standard InChI is InChI=1S/C30H28FN7O/c1-30(2,3)14-25(39)34-21-12-19(15-32-16-21)18-6-9-24-23(13-18)27(38-37-24)29-35-26-22(10-11-33-28(26)36-29)17-4-7-20(31)8-5-17/h4-13,15-16,25,34,39H,14H2,1-3H3,(H,37,38)(H,33,35,36). The van der Waals surface area contributed by atoms with Crippen LogP contribution in [0.1, 0.15) is 27.2 Å². The van der Waals surface area contributed by atoms with E-state index in [1.807, 2.05) is 30.3 Å². The summed E-state index contributed by atoms with van der Waals surface area (Å²) in [6.07, 6.45) is 5.14. The Labute approximate surface area is 224 Å². The van der Waals surface area contributed by atoms with Crippen molar-refractivity contribution in [3.8, 4) is 33.8 Å². The highest BCUT2D eigenvalue weighted by atomic mass is 19.1. The fourth-order valence-corrected chi connectivity index (χ4v) is 4.76. The van der Waals surface area contributed by atoms with Crippen LogP contribution in [0.5, 0.6) is 0 Å². The van der Waals surface area contributed by atoms with Gasteiger partial charge in [0.1, 0.15) is 23.3 Å². The van der Waals surface area contributed by atoms with Crippen LogP contribution in [-0.2, 0) is 0 Å². The maximum Gasteiger partial charge on any atom is 0.160 e. The van der Waals surface area contributed by atoms with Crippen LogP contribution >= 0.6 is 0 Å². The van der Waals surface area contributed by atoms with Gasteiger partial charge in [-0.05, 0) is 59.4 Å².